The molecule has 1 unspecified atom stereocenters. The molecule has 0 spiro atoms. The minimum atomic E-state index is -0.250. The molecule has 1 amide bonds. The summed E-state index contributed by atoms with van der Waals surface area (Å²) in [5.41, 5.74) is 0. The second kappa shape index (κ2) is 12.2. The smallest absolute Gasteiger partial charge is 0.290 e. The number of rotatable bonds is 7. The molecule has 1 saturated carbocycles. The lowest BCUT2D eigenvalue weighted by atomic mass is 10.2. The van der Waals surface area contributed by atoms with Gasteiger partial charge in [0.25, 0.3) is 6.47 Å². The number of hydrogen-bond acceptors (Lipinski definition) is 5. The van der Waals surface area contributed by atoms with Crippen molar-refractivity contribution in [3.63, 3.8) is 0 Å². The number of nitrogens with zero attached hydrogens (tertiary/aromatic N) is 2. The van der Waals surface area contributed by atoms with E-state index in [1.807, 2.05) is 6.92 Å². The van der Waals surface area contributed by atoms with Crippen LogP contribution < -0.4 is 5.32 Å². The largest absolute Gasteiger partial charge is 0.483 e. The monoisotopic (exact) mass is 343 g/mol. The Kier molecular flexibility index (Phi) is 10.6. The third kappa shape index (κ3) is 8.08. The van der Waals surface area contributed by atoms with E-state index >= 15 is 0 Å². The van der Waals surface area contributed by atoms with Crippen LogP contribution in [-0.4, -0.2) is 85.8 Å². The minimum Gasteiger partial charge on any atom is -0.483 e. The molecule has 1 heterocycles. The normalized spacial score (nSPS) is 20.9. The first kappa shape index (κ1) is 20.9. The third-order valence-corrected chi connectivity index (χ3v) is 4.74. The van der Waals surface area contributed by atoms with E-state index in [2.05, 4.69) is 22.2 Å². The lowest BCUT2D eigenvalue weighted by Crippen LogP contribution is -2.53. The topological polar surface area (TPSA) is 82.1 Å². The molecule has 1 aliphatic heterocycles. The van der Waals surface area contributed by atoms with E-state index in [1.54, 1.807) is 0 Å². The molecule has 24 heavy (non-hydrogen) atoms. The summed E-state index contributed by atoms with van der Waals surface area (Å²) >= 11 is 0. The highest BCUT2D eigenvalue weighted by atomic mass is 16.5. The maximum absolute atomic E-state index is 12.1. The molecule has 2 aliphatic rings. The maximum Gasteiger partial charge on any atom is 0.290 e. The van der Waals surface area contributed by atoms with Gasteiger partial charge < -0.3 is 20.1 Å². The van der Waals surface area contributed by atoms with Gasteiger partial charge in [0.1, 0.15) is 0 Å². The molecule has 0 aromatic carbocycles. The van der Waals surface area contributed by atoms with E-state index in [0.29, 0.717) is 6.10 Å². The molecule has 2 fully saturated rings. The summed E-state index contributed by atoms with van der Waals surface area (Å²) in [4.78, 5) is 25.1. The standard InChI is InChI=1S/C16H31N3O2.CH2O2/c1-14(19-11-9-18(2)10-12-19)16(20)17-8-5-13-21-15-6-3-4-7-15;2-1-3/h14-15H,3-13H2,1-2H3,(H,17,20);1H,(H,2,3). The van der Waals surface area contributed by atoms with Crippen molar-refractivity contribution in [2.75, 3.05) is 46.4 Å². The van der Waals surface area contributed by atoms with Crippen LogP contribution in [0.1, 0.15) is 39.0 Å². The van der Waals surface area contributed by atoms with Gasteiger partial charge in [0.05, 0.1) is 12.1 Å². The van der Waals surface area contributed by atoms with Crippen molar-refractivity contribution in [3.05, 3.63) is 0 Å². The zero-order valence-corrected chi connectivity index (χ0v) is 15.1. The SMILES string of the molecule is CC(C(=O)NCCCOC1CCCC1)N1CCN(C)CC1.O=CO. The van der Waals surface area contributed by atoms with Crippen molar-refractivity contribution in [3.8, 4) is 0 Å². The molecule has 7 heteroatoms. The van der Waals surface area contributed by atoms with E-state index in [4.69, 9.17) is 14.6 Å². The summed E-state index contributed by atoms with van der Waals surface area (Å²) in [6.45, 7) is 7.32. The Labute approximate surface area is 145 Å². The van der Waals surface area contributed by atoms with Gasteiger partial charge in [-0.2, -0.15) is 0 Å². The van der Waals surface area contributed by atoms with Gasteiger partial charge in [-0.25, -0.2) is 0 Å². The Bertz CT molecular complexity index is 354. The first-order chi connectivity index (χ1) is 11.6. The summed E-state index contributed by atoms with van der Waals surface area (Å²) < 4.78 is 5.81. The average Bonchev–Trinajstić information content (AvgIpc) is 3.08. The summed E-state index contributed by atoms with van der Waals surface area (Å²) in [5, 5.41) is 9.93. The van der Waals surface area contributed by atoms with Gasteiger partial charge in [0.15, 0.2) is 0 Å². The number of amides is 1. The summed E-state index contributed by atoms with van der Waals surface area (Å²) in [5.74, 6) is 0.153. The quantitative estimate of drug-likeness (QED) is 0.525. The van der Waals surface area contributed by atoms with Crippen LogP contribution in [0.15, 0.2) is 0 Å². The summed E-state index contributed by atoms with van der Waals surface area (Å²) in [7, 11) is 2.13. The highest BCUT2D eigenvalue weighted by molar-refractivity contribution is 5.81. The van der Waals surface area contributed by atoms with Crippen LogP contribution in [-0.2, 0) is 14.3 Å². The van der Waals surface area contributed by atoms with Crippen LogP contribution in [0.5, 0.6) is 0 Å². The lowest BCUT2D eigenvalue weighted by Gasteiger charge is -2.35. The fraction of sp³-hybridized carbons (Fsp3) is 0.882. The van der Waals surface area contributed by atoms with Gasteiger partial charge in [-0.05, 0) is 33.2 Å². The molecule has 0 aromatic heterocycles. The number of ether oxygens (including phenoxy) is 1. The van der Waals surface area contributed by atoms with Crippen molar-refractivity contribution in [2.45, 2.75) is 51.2 Å². The van der Waals surface area contributed by atoms with Gasteiger partial charge in [0.2, 0.25) is 5.91 Å². The van der Waals surface area contributed by atoms with Crippen LogP contribution >= 0.6 is 0 Å². The van der Waals surface area contributed by atoms with Crippen LogP contribution in [0.2, 0.25) is 0 Å². The Morgan fingerprint density at radius 3 is 2.46 bits per heavy atom. The predicted octanol–water partition coefficient (Wildman–Crippen LogP) is 0.789. The number of carbonyl (C=O) groups excluding carboxylic acids is 1. The zero-order chi connectivity index (χ0) is 17.8. The Balaban J connectivity index is 0.000000891. The first-order valence-electron chi connectivity index (χ1n) is 8.98. The van der Waals surface area contributed by atoms with Crippen molar-refractivity contribution in [1.29, 1.82) is 0 Å². The second-order valence-corrected chi connectivity index (χ2v) is 6.54. The summed E-state index contributed by atoms with van der Waals surface area (Å²) in [6.07, 6.45) is 6.44. The van der Waals surface area contributed by atoms with Gasteiger partial charge in [-0.1, -0.05) is 12.8 Å². The molecule has 1 atom stereocenters. The predicted molar refractivity (Wildman–Crippen MR) is 93.1 cm³/mol. The number of carboxylic acid groups (broad SMARTS) is 1. The fourth-order valence-corrected chi connectivity index (χ4v) is 3.11. The summed E-state index contributed by atoms with van der Waals surface area (Å²) in [6, 6.07) is -0.0190. The number of nitrogens with one attached hydrogen (secondary N) is 1. The van der Waals surface area contributed by atoms with Gasteiger partial charge >= 0.3 is 0 Å². The number of hydrogen-bond donors (Lipinski definition) is 2. The van der Waals surface area contributed by atoms with Crippen molar-refractivity contribution < 1.29 is 19.4 Å². The van der Waals surface area contributed by atoms with E-state index in [0.717, 1.165) is 45.8 Å². The molecule has 1 aliphatic carbocycles. The van der Waals surface area contributed by atoms with E-state index in [-0.39, 0.29) is 18.4 Å². The molecule has 2 rings (SSSR count). The average molecular weight is 343 g/mol. The third-order valence-electron chi connectivity index (χ3n) is 4.74. The molecular formula is C17H33N3O4. The van der Waals surface area contributed by atoms with E-state index in [9.17, 15) is 4.79 Å². The first-order valence-corrected chi connectivity index (χ1v) is 8.98. The van der Waals surface area contributed by atoms with Crippen molar-refractivity contribution in [1.82, 2.24) is 15.1 Å². The molecule has 2 N–H and O–H groups in total. The van der Waals surface area contributed by atoms with Gasteiger partial charge in [-0.15, -0.1) is 0 Å². The molecule has 0 bridgehead atoms. The highest BCUT2D eigenvalue weighted by Crippen LogP contribution is 2.20. The van der Waals surface area contributed by atoms with Crippen LogP contribution in [0.4, 0.5) is 0 Å². The Morgan fingerprint density at radius 1 is 1.29 bits per heavy atom. The molecule has 0 radical (unpaired) electrons. The Hall–Kier alpha value is -1.18. The van der Waals surface area contributed by atoms with Crippen LogP contribution in [0.25, 0.3) is 0 Å². The second-order valence-electron chi connectivity index (χ2n) is 6.54. The molecule has 1 saturated heterocycles. The zero-order valence-electron chi connectivity index (χ0n) is 15.1. The molecule has 140 valence electrons. The van der Waals surface area contributed by atoms with Crippen molar-refractivity contribution >= 4 is 12.4 Å². The Morgan fingerprint density at radius 2 is 1.88 bits per heavy atom. The maximum atomic E-state index is 12.1. The number of carbonyl (C=O) groups is 2. The van der Waals surface area contributed by atoms with Crippen LogP contribution in [0.3, 0.4) is 0 Å². The van der Waals surface area contributed by atoms with Gasteiger partial charge in [-0.3, -0.25) is 14.5 Å². The van der Waals surface area contributed by atoms with E-state index < -0.39 is 0 Å². The van der Waals surface area contributed by atoms with Crippen molar-refractivity contribution in [2.24, 2.45) is 0 Å². The lowest BCUT2D eigenvalue weighted by molar-refractivity contribution is -0.126. The van der Waals surface area contributed by atoms with Gasteiger partial charge in [0, 0.05) is 39.3 Å². The minimum absolute atomic E-state index is 0.0190. The highest BCUT2D eigenvalue weighted by Gasteiger charge is 2.23. The number of likely N-dealkylation sites (N-methyl/N-ethyl adjacent to an activating group) is 1. The fourth-order valence-electron chi connectivity index (χ4n) is 3.11. The molecular weight excluding hydrogens is 310 g/mol. The van der Waals surface area contributed by atoms with Crippen LogP contribution in [0, 0.1) is 0 Å². The number of piperazine rings is 1. The van der Waals surface area contributed by atoms with E-state index in [1.165, 1.54) is 25.7 Å². The molecule has 0 aromatic rings. The molecule has 7 nitrogen and oxygen atoms in total.